The number of amides is 1. The van der Waals surface area contributed by atoms with Crippen molar-refractivity contribution in [2.45, 2.75) is 19.0 Å². The number of benzene rings is 1. The van der Waals surface area contributed by atoms with Crippen molar-refractivity contribution < 1.29 is 22.7 Å². The van der Waals surface area contributed by atoms with Crippen molar-refractivity contribution in [1.29, 1.82) is 0 Å². The fourth-order valence-electron chi connectivity index (χ4n) is 2.97. The Morgan fingerprint density at radius 1 is 1.19 bits per heavy atom. The van der Waals surface area contributed by atoms with E-state index in [2.05, 4.69) is 10.4 Å². The van der Waals surface area contributed by atoms with Crippen LogP contribution in [0, 0.1) is 0 Å². The molecule has 0 unspecified atom stereocenters. The molecular formula is C18H13ClF3N3O2. The summed E-state index contributed by atoms with van der Waals surface area (Å²) in [6.07, 6.45) is 0.267. The van der Waals surface area contributed by atoms with Gasteiger partial charge in [0.05, 0.1) is 22.1 Å². The van der Waals surface area contributed by atoms with Crippen LogP contribution in [0.25, 0.3) is 17.0 Å². The van der Waals surface area contributed by atoms with Gasteiger partial charge in [-0.15, -0.1) is 0 Å². The topological polar surface area (TPSA) is 56.1 Å². The van der Waals surface area contributed by atoms with E-state index in [0.717, 1.165) is 6.07 Å². The molecule has 0 saturated heterocycles. The second kappa shape index (κ2) is 6.45. The van der Waals surface area contributed by atoms with Gasteiger partial charge in [0.25, 0.3) is 5.91 Å². The van der Waals surface area contributed by atoms with Crippen molar-refractivity contribution in [3.63, 3.8) is 0 Å². The summed E-state index contributed by atoms with van der Waals surface area (Å²) in [5.41, 5.74) is 0.422. The Labute approximate surface area is 157 Å². The zero-order chi connectivity index (χ0) is 19.2. The zero-order valence-corrected chi connectivity index (χ0v) is 14.6. The lowest BCUT2D eigenvalue weighted by Gasteiger charge is -2.19. The Bertz CT molecular complexity index is 992. The molecule has 1 aliphatic carbocycles. The summed E-state index contributed by atoms with van der Waals surface area (Å²) >= 11 is 6.21. The summed E-state index contributed by atoms with van der Waals surface area (Å²) in [5.74, 6) is 0.125. The average Bonchev–Trinajstić information content (AvgIpc) is 3.07. The number of carbonyl (C=O) groups excluding carboxylic acids is 1. The molecule has 0 atom stereocenters. The average molecular weight is 396 g/mol. The van der Waals surface area contributed by atoms with E-state index < -0.39 is 11.9 Å². The Kier molecular flexibility index (Phi) is 4.22. The predicted molar refractivity (Wildman–Crippen MR) is 94.2 cm³/mol. The number of aromatic nitrogens is 2. The number of alkyl halides is 3. The van der Waals surface area contributed by atoms with Crippen LogP contribution in [0.3, 0.4) is 0 Å². The quantitative estimate of drug-likeness (QED) is 0.804. The molecule has 140 valence electrons. The summed E-state index contributed by atoms with van der Waals surface area (Å²) in [6.45, 7) is -0.101. The predicted octanol–water partition coefficient (Wildman–Crippen LogP) is 4.66. The number of nitrogens with zero attached hydrogens (tertiary/aromatic N) is 2. The highest BCUT2D eigenvalue weighted by atomic mass is 35.5. The third-order valence-corrected chi connectivity index (χ3v) is 4.56. The van der Waals surface area contributed by atoms with Crippen LogP contribution in [0.2, 0.25) is 0 Å². The molecule has 9 heteroatoms. The van der Waals surface area contributed by atoms with Gasteiger partial charge in [-0.2, -0.15) is 18.3 Å². The van der Waals surface area contributed by atoms with Gasteiger partial charge in [0.15, 0.2) is 12.3 Å². The van der Waals surface area contributed by atoms with E-state index in [1.54, 1.807) is 30.4 Å². The van der Waals surface area contributed by atoms with Crippen molar-refractivity contribution in [3.8, 4) is 17.0 Å². The number of nitrogens with one attached hydrogen (secondary N) is 1. The van der Waals surface area contributed by atoms with Gasteiger partial charge in [0.2, 0.25) is 0 Å². The van der Waals surface area contributed by atoms with Gasteiger partial charge in [-0.25, -0.2) is 4.68 Å². The van der Waals surface area contributed by atoms with E-state index in [4.69, 9.17) is 16.3 Å². The number of rotatable bonds is 2. The maximum Gasteiger partial charge on any atom is 0.435 e. The Balaban J connectivity index is 1.86. The molecule has 0 saturated carbocycles. The van der Waals surface area contributed by atoms with Gasteiger partial charge in [0.1, 0.15) is 5.75 Å². The second-order valence-corrected chi connectivity index (χ2v) is 6.50. The maximum atomic E-state index is 13.3. The first-order valence-electron chi connectivity index (χ1n) is 8.14. The zero-order valence-electron chi connectivity index (χ0n) is 13.8. The van der Waals surface area contributed by atoms with Gasteiger partial charge in [-0.1, -0.05) is 23.8 Å². The van der Waals surface area contributed by atoms with Crippen LogP contribution in [-0.2, 0) is 11.0 Å². The molecule has 1 aromatic carbocycles. The van der Waals surface area contributed by atoms with E-state index >= 15 is 0 Å². The van der Waals surface area contributed by atoms with Crippen molar-refractivity contribution in [3.05, 3.63) is 47.1 Å². The van der Waals surface area contributed by atoms with Crippen LogP contribution in [0.5, 0.6) is 5.75 Å². The first-order chi connectivity index (χ1) is 12.8. The Hall–Kier alpha value is -2.74. The minimum Gasteiger partial charge on any atom is -0.482 e. The highest BCUT2D eigenvalue weighted by molar-refractivity contribution is 6.35. The summed E-state index contributed by atoms with van der Waals surface area (Å²) < 4.78 is 46.3. The molecule has 0 radical (unpaired) electrons. The molecule has 0 bridgehead atoms. The molecule has 5 nitrogen and oxygen atoms in total. The summed E-state index contributed by atoms with van der Waals surface area (Å²) in [5, 5.41) is 6.73. The number of halogens is 4. The van der Waals surface area contributed by atoms with Crippen molar-refractivity contribution >= 4 is 28.9 Å². The van der Waals surface area contributed by atoms with Crippen LogP contribution < -0.4 is 10.1 Å². The Morgan fingerprint density at radius 3 is 2.70 bits per heavy atom. The molecule has 27 heavy (non-hydrogen) atoms. The molecule has 1 N–H and O–H groups in total. The highest BCUT2D eigenvalue weighted by Crippen LogP contribution is 2.38. The molecule has 0 spiro atoms. The number of allylic oxidation sites excluding steroid dienone is 4. The van der Waals surface area contributed by atoms with Gasteiger partial charge in [-0.05, 0) is 37.1 Å². The first-order valence-corrected chi connectivity index (χ1v) is 8.51. The van der Waals surface area contributed by atoms with Crippen LogP contribution >= 0.6 is 11.6 Å². The van der Waals surface area contributed by atoms with E-state index in [0.29, 0.717) is 40.6 Å². The van der Waals surface area contributed by atoms with Crippen LogP contribution in [-0.4, -0.2) is 22.3 Å². The van der Waals surface area contributed by atoms with Gasteiger partial charge in [0, 0.05) is 5.56 Å². The third kappa shape index (κ3) is 3.32. The summed E-state index contributed by atoms with van der Waals surface area (Å²) in [6, 6.07) is 5.74. The number of ether oxygens (including phenoxy) is 1. The molecule has 4 rings (SSSR count). The maximum absolute atomic E-state index is 13.3. The molecule has 2 heterocycles. The van der Waals surface area contributed by atoms with Crippen LogP contribution in [0.4, 0.5) is 18.9 Å². The largest absolute Gasteiger partial charge is 0.482 e. The molecule has 1 aromatic heterocycles. The second-order valence-electron chi connectivity index (χ2n) is 6.09. The summed E-state index contributed by atoms with van der Waals surface area (Å²) in [7, 11) is 0. The lowest BCUT2D eigenvalue weighted by atomic mass is 10.1. The summed E-state index contributed by atoms with van der Waals surface area (Å²) in [4.78, 5) is 11.5. The molecule has 2 aromatic rings. The Morgan fingerprint density at radius 2 is 1.96 bits per heavy atom. The minimum atomic E-state index is -4.60. The van der Waals surface area contributed by atoms with E-state index in [9.17, 15) is 18.0 Å². The van der Waals surface area contributed by atoms with E-state index in [1.807, 2.05) is 0 Å². The van der Waals surface area contributed by atoms with Crippen molar-refractivity contribution in [2.75, 3.05) is 11.9 Å². The normalized spacial score (nSPS) is 16.8. The standard InChI is InChI=1S/C18H13ClF3N3O2/c19-11-3-1-2-4-13(11)25-14(8-16(24-25)18(20,21)22)10-5-6-15-12(7-10)23-17(26)9-27-15/h3-8H,1-2,9H2,(H,23,26). The molecule has 1 amide bonds. The molecule has 1 aliphatic heterocycles. The van der Waals surface area contributed by atoms with Crippen LogP contribution in [0.1, 0.15) is 18.5 Å². The first kappa shape index (κ1) is 17.7. The number of fused-ring (bicyclic) bond motifs is 1. The molecule has 0 fully saturated rings. The molecule has 2 aliphatic rings. The number of hydrogen-bond donors (Lipinski definition) is 1. The van der Waals surface area contributed by atoms with Crippen molar-refractivity contribution in [1.82, 2.24) is 9.78 Å². The van der Waals surface area contributed by atoms with Gasteiger partial charge >= 0.3 is 6.18 Å². The minimum absolute atomic E-state index is 0.101. The number of anilines is 1. The van der Waals surface area contributed by atoms with Crippen LogP contribution in [0.15, 0.2) is 41.4 Å². The van der Waals surface area contributed by atoms with Crippen molar-refractivity contribution in [2.24, 2.45) is 0 Å². The number of hydrogen-bond acceptors (Lipinski definition) is 3. The lowest BCUT2D eigenvalue weighted by molar-refractivity contribution is -0.141. The lowest BCUT2D eigenvalue weighted by Crippen LogP contribution is -2.25. The number of carbonyl (C=O) groups is 1. The smallest absolute Gasteiger partial charge is 0.435 e. The van der Waals surface area contributed by atoms with Gasteiger partial charge in [-0.3, -0.25) is 4.79 Å². The fraction of sp³-hybridized carbons (Fsp3) is 0.222. The molecular weight excluding hydrogens is 383 g/mol. The SMILES string of the molecule is O=C1COc2ccc(-c3cc(C(F)(F)F)nn3C3=CCCC=C3Cl)cc2N1. The third-order valence-electron chi connectivity index (χ3n) is 4.21. The van der Waals surface area contributed by atoms with Gasteiger partial charge < -0.3 is 10.1 Å². The van der Waals surface area contributed by atoms with E-state index in [1.165, 1.54) is 4.68 Å². The fourth-order valence-corrected chi connectivity index (χ4v) is 3.24. The van der Waals surface area contributed by atoms with E-state index in [-0.39, 0.29) is 18.2 Å². The monoisotopic (exact) mass is 395 g/mol. The highest BCUT2D eigenvalue weighted by Gasteiger charge is 2.36.